The van der Waals surface area contributed by atoms with Gasteiger partial charge in [0.2, 0.25) is 0 Å². The van der Waals surface area contributed by atoms with Gasteiger partial charge in [-0.1, -0.05) is 24.3 Å². The van der Waals surface area contributed by atoms with Crippen LogP contribution in [0, 0.1) is 0 Å². The van der Waals surface area contributed by atoms with E-state index in [0.717, 1.165) is 44.0 Å². The summed E-state index contributed by atoms with van der Waals surface area (Å²) in [6.07, 6.45) is 2.08. The third-order valence-electron chi connectivity index (χ3n) is 3.81. The normalized spacial score (nSPS) is 12.8. The summed E-state index contributed by atoms with van der Waals surface area (Å²) in [5.41, 5.74) is 3.97. The van der Waals surface area contributed by atoms with Crippen LogP contribution in [0.5, 0.6) is 11.5 Å². The fourth-order valence-corrected chi connectivity index (χ4v) is 2.64. The molecule has 21 heavy (non-hydrogen) atoms. The maximum Gasteiger partial charge on any atom is 0.122 e. The van der Waals surface area contributed by atoms with Crippen LogP contribution < -0.4 is 14.8 Å². The smallest absolute Gasteiger partial charge is 0.122 e. The molecule has 0 saturated heterocycles. The topological polar surface area (TPSA) is 30.5 Å². The van der Waals surface area contributed by atoms with Crippen LogP contribution in [0.1, 0.15) is 16.7 Å². The molecule has 0 saturated carbocycles. The number of benzene rings is 2. The van der Waals surface area contributed by atoms with Gasteiger partial charge >= 0.3 is 0 Å². The van der Waals surface area contributed by atoms with Crippen LogP contribution in [0.2, 0.25) is 0 Å². The minimum absolute atomic E-state index is 0.826. The van der Waals surface area contributed by atoms with Gasteiger partial charge in [0.05, 0.1) is 13.7 Å². The number of rotatable bonds is 6. The average molecular weight is 283 g/mol. The van der Waals surface area contributed by atoms with Gasteiger partial charge in [0, 0.05) is 13.0 Å². The van der Waals surface area contributed by atoms with E-state index in [2.05, 4.69) is 35.6 Å². The lowest BCUT2D eigenvalue weighted by Crippen LogP contribution is -2.16. The second-order valence-electron chi connectivity index (χ2n) is 5.32. The van der Waals surface area contributed by atoms with Gasteiger partial charge in [-0.25, -0.2) is 0 Å². The van der Waals surface area contributed by atoms with Gasteiger partial charge in [-0.05, 0) is 47.9 Å². The molecule has 1 N–H and O–H groups in total. The van der Waals surface area contributed by atoms with E-state index in [-0.39, 0.29) is 0 Å². The largest absolute Gasteiger partial charge is 0.497 e. The Bertz CT molecular complexity index is 610. The van der Waals surface area contributed by atoms with Gasteiger partial charge < -0.3 is 14.8 Å². The third-order valence-corrected chi connectivity index (χ3v) is 3.81. The molecule has 2 aromatic carbocycles. The van der Waals surface area contributed by atoms with Gasteiger partial charge in [-0.2, -0.15) is 0 Å². The molecule has 3 nitrogen and oxygen atoms in total. The minimum atomic E-state index is 0.826. The van der Waals surface area contributed by atoms with Crippen molar-refractivity contribution in [2.45, 2.75) is 19.4 Å². The Morgan fingerprint density at radius 1 is 1.14 bits per heavy atom. The summed E-state index contributed by atoms with van der Waals surface area (Å²) in [4.78, 5) is 0. The monoisotopic (exact) mass is 283 g/mol. The first-order chi connectivity index (χ1) is 10.3. The highest BCUT2D eigenvalue weighted by Gasteiger charge is 2.11. The molecular weight excluding hydrogens is 262 g/mol. The maximum absolute atomic E-state index is 5.53. The number of nitrogens with one attached hydrogen (secondary N) is 1. The Labute approximate surface area is 125 Å². The SMILES string of the molecule is COc1cccc(CNCCc2ccc3c(c2)CCO3)c1. The molecule has 0 amide bonds. The number of hydrogen-bond acceptors (Lipinski definition) is 3. The molecule has 0 radical (unpaired) electrons. The molecule has 0 aromatic heterocycles. The van der Waals surface area contributed by atoms with E-state index in [1.54, 1.807) is 7.11 Å². The molecule has 0 unspecified atom stereocenters. The fourth-order valence-electron chi connectivity index (χ4n) is 2.64. The van der Waals surface area contributed by atoms with Crippen LogP contribution in [-0.4, -0.2) is 20.3 Å². The van der Waals surface area contributed by atoms with Crippen LogP contribution in [0.3, 0.4) is 0 Å². The Morgan fingerprint density at radius 3 is 3.00 bits per heavy atom. The second kappa shape index (κ2) is 6.64. The van der Waals surface area contributed by atoms with Crippen molar-refractivity contribution in [1.82, 2.24) is 5.32 Å². The standard InChI is InChI=1S/C18H21NO2/c1-20-17-4-2-3-15(12-17)13-19-9-7-14-5-6-18-16(11-14)8-10-21-18/h2-6,11-12,19H,7-10,13H2,1H3. The molecule has 110 valence electrons. The van der Waals surface area contributed by atoms with Crippen molar-refractivity contribution in [3.63, 3.8) is 0 Å². The molecule has 1 aliphatic rings. The third kappa shape index (κ3) is 3.56. The fraction of sp³-hybridized carbons (Fsp3) is 0.333. The minimum Gasteiger partial charge on any atom is -0.497 e. The molecule has 0 atom stereocenters. The first-order valence-electron chi connectivity index (χ1n) is 7.43. The molecule has 3 rings (SSSR count). The lowest BCUT2D eigenvalue weighted by molar-refractivity contribution is 0.357. The van der Waals surface area contributed by atoms with Crippen LogP contribution >= 0.6 is 0 Å². The zero-order valence-corrected chi connectivity index (χ0v) is 12.4. The molecule has 3 heteroatoms. The van der Waals surface area contributed by atoms with Crippen molar-refractivity contribution in [3.8, 4) is 11.5 Å². The van der Waals surface area contributed by atoms with E-state index in [9.17, 15) is 0 Å². The number of ether oxygens (including phenoxy) is 2. The van der Waals surface area contributed by atoms with Crippen molar-refractivity contribution >= 4 is 0 Å². The zero-order chi connectivity index (χ0) is 14.5. The second-order valence-corrected chi connectivity index (χ2v) is 5.32. The first kappa shape index (κ1) is 14.0. The number of methoxy groups -OCH3 is 1. The van der Waals surface area contributed by atoms with E-state index in [1.807, 2.05) is 12.1 Å². The summed E-state index contributed by atoms with van der Waals surface area (Å²) in [5, 5.41) is 3.48. The summed E-state index contributed by atoms with van der Waals surface area (Å²) in [6.45, 7) is 2.66. The Morgan fingerprint density at radius 2 is 2.10 bits per heavy atom. The van der Waals surface area contributed by atoms with E-state index in [0.29, 0.717) is 0 Å². The summed E-state index contributed by atoms with van der Waals surface area (Å²) in [7, 11) is 1.70. The van der Waals surface area contributed by atoms with Crippen LogP contribution in [0.25, 0.3) is 0 Å². The van der Waals surface area contributed by atoms with Gasteiger partial charge in [0.1, 0.15) is 11.5 Å². The summed E-state index contributed by atoms with van der Waals surface area (Å²) < 4.78 is 10.8. The van der Waals surface area contributed by atoms with Gasteiger partial charge in [-0.15, -0.1) is 0 Å². The highest BCUT2D eigenvalue weighted by molar-refractivity contribution is 5.39. The lowest BCUT2D eigenvalue weighted by Gasteiger charge is -2.08. The molecular formula is C18H21NO2. The quantitative estimate of drug-likeness (QED) is 0.827. The van der Waals surface area contributed by atoms with Crippen molar-refractivity contribution < 1.29 is 9.47 Å². The predicted molar refractivity (Wildman–Crippen MR) is 84.0 cm³/mol. The zero-order valence-electron chi connectivity index (χ0n) is 12.4. The highest BCUT2D eigenvalue weighted by Crippen LogP contribution is 2.25. The summed E-state index contributed by atoms with van der Waals surface area (Å²) in [5.74, 6) is 1.97. The molecule has 0 bridgehead atoms. The van der Waals surface area contributed by atoms with E-state index in [1.165, 1.54) is 16.7 Å². The van der Waals surface area contributed by atoms with Gasteiger partial charge in [-0.3, -0.25) is 0 Å². The Kier molecular flexibility index (Phi) is 4.41. The predicted octanol–water partition coefficient (Wildman–Crippen LogP) is 2.96. The highest BCUT2D eigenvalue weighted by atomic mass is 16.5. The van der Waals surface area contributed by atoms with Crippen molar-refractivity contribution in [3.05, 3.63) is 59.2 Å². The van der Waals surface area contributed by atoms with Crippen LogP contribution in [0.15, 0.2) is 42.5 Å². The lowest BCUT2D eigenvalue weighted by atomic mass is 10.1. The van der Waals surface area contributed by atoms with Crippen molar-refractivity contribution in [2.24, 2.45) is 0 Å². The van der Waals surface area contributed by atoms with E-state index in [4.69, 9.17) is 9.47 Å². The van der Waals surface area contributed by atoms with E-state index < -0.39 is 0 Å². The Balaban J connectivity index is 1.47. The van der Waals surface area contributed by atoms with Gasteiger partial charge in [0.15, 0.2) is 0 Å². The first-order valence-corrected chi connectivity index (χ1v) is 7.43. The Hall–Kier alpha value is -2.00. The molecule has 0 aliphatic carbocycles. The van der Waals surface area contributed by atoms with Crippen LogP contribution in [0.4, 0.5) is 0 Å². The maximum atomic E-state index is 5.53. The number of fused-ring (bicyclic) bond motifs is 1. The molecule has 1 aliphatic heterocycles. The summed E-state index contributed by atoms with van der Waals surface area (Å²) in [6, 6.07) is 14.7. The van der Waals surface area contributed by atoms with Gasteiger partial charge in [0.25, 0.3) is 0 Å². The molecule has 2 aromatic rings. The van der Waals surface area contributed by atoms with E-state index >= 15 is 0 Å². The van der Waals surface area contributed by atoms with Crippen LogP contribution in [-0.2, 0) is 19.4 Å². The molecule has 0 spiro atoms. The number of hydrogen-bond donors (Lipinski definition) is 1. The average Bonchev–Trinajstić information content (AvgIpc) is 2.99. The van der Waals surface area contributed by atoms with Crippen molar-refractivity contribution in [2.75, 3.05) is 20.3 Å². The molecule has 0 fully saturated rings. The molecule has 1 heterocycles. The van der Waals surface area contributed by atoms with Crippen molar-refractivity contribution in [1.29, 1.82) is 0 Å². The summed E-state index contributed by atoms with van der Waals surface area (Å²) >= 11 is 0.